The van der Waals surface area contributed by atoms with Gasteiger partial charge in [0.25, 0.3) is 5.91 Å². The van der Waals surface area contributed by atoms with Crippen molar-refractivity contribution in [1.29, 1.82) is 0 Å². The number of hydrogen-bond donors (Lipinski definition) is 0. The second-order valence-corrected chi connectivity index (χ2v) is 2.28. The molecule has 0 N–H and O–H groups in total. The van der Waals surface area contributed by atoms with Crippen LogP contribution in [0.5, 0.6) is 0 Å². The molecular formula is C6H9N2O2. The number of amides is 1. The van der Waals surface area contributed by atoms with Crippen LogP contribution in [0.1, 0.15) is 6.42 Å². The minimum absolute atomic E-state index is 0.0613. The molecule has 55 valence electrons. The summed E-state index contributed by atoms with van der Waals surface area (Å²) in [5, 5.41) is 3.37. The largest absolute Gasteiger partial charge is 0.382 e. The first-order valence-corrected chi connectivity index (χ1v) is 3.01. The van der Waals surface area contributed by atoms with Crippen molar-refractivity contribution in [3.63, 3.8) is 0 Å². The quantitative estimate of drug-likeness (QED) is 0.504. The van der Waals surface area contributed by atoms with Gasteiger partial charge in [0.1, 0.15) is 6.21 Å². The van der Waals surface area contributed by atoms with Gasteiger partial charge in [-0.25, -0.2) is 0 Å². The summed E-state index contributed by atoms with van der Waals surface area (Å²) in [5.74, 6) is -0.0613. The number of carbonyl (C=O) groups is 1. The smallest absolute Gasteiger partial charge is 0.266 e. The lowest BCUT2D eigenvalue weighted by atomic mass is 10.2. The van der Waals surface area contributed by atoms with Crippen LogP contribution < -0.4 is 0 Å². The van der Waals surface area contributed by atoms with E-state index < -0.39 is 6.10 Å². The Labute approximate surface area is 59.4 Å². The highest BCUT2D eigenvalue weighted by atomic mass is 16.6. The molecule has 0 fully saturated rings. The fraction of sp³-hybridized carbons (Fsp3) is 0.667. The van der Waals surface area contributed by atoms with Crippen LogP contribution >= 0.6 is 0 Å². The van der Waals surface area contributed by atoms with E-state index in [1.165, 1.54) is 4.90 Å². The number of hydrogen-bond acceptors (Lipinski definition) is 3. The van der Waals surface area contributed by atoms with Crippen LogP contribution in [0.25, 0.3) is 0 Å². The van der Waals surface area contributed by atoms with Gasteiger partial charge in [0.15, 0.2) is 0 Å². The lowest BCUT2D eigenvalue weighted by Gasteiger charge is -2.13. The molecule has 10 heavy (non-hydrogen) atoms. The Morgan fingerprint density at radius 1 is 1.80 bits per heavy atom. The van der Waals surface area contributed by atoms with Crippen LogP contribution in [0.4, 0.5) is 0 Å². The number of rotatable bonds is 1. The molecule has 1 radical (unpaired) electrons. The Hall–Kier alpha value is -1.06. The molecule has 1 atom stereocenters. The molecule has 1 unspecified atom stereocenters. The predicted octanol–water partition coefficient (Wildman–Crippen LogP) is -0.274. The van der Waals surface area contributed by atoms with Gasteiger partial charge >= 0.3 is 0 Å². The Kier molecular flexibility index (Phi) is 1.89. The maximum absolute atomic E-state index is 11.0. The Balaban J connectivity index is 2.43. The summed E-state index contributed by atoms with van der Waals surface area (Å²) < 4.78 is 0. The van der Waals surface area contributed by atoms with E-state index in [4.69, 9.17) is 4.84 Å². The van der Waals surface area contributed by atoms with Crippen LogP contribution in [0.3, 0.4) is 0 Å². The molecule has 1 rings (SSSR count). The van der Waals surface area contributed by atoms with Crippen LogP contribution in [0, 0.1) is 0 Å². The first kappa shape index (κ1) is 7.05. The van der Waals surface area contributed by atoms with Gasteiger partial charge in [0, 0.05) is 20.5 Å². The second-order valence-electron chi connectivity index (χ2n) is 2.28. The summed E-state index contributed by atoms with van der Waals surface area (Å²) in [4.78, 5) is 17.2. The standard InChI is InChI=1S/C6H9N2O2/c1-8(2)6(9)5-3-4-7-10-5/h5H,3H2,1-2H3. The van der Waals surface area contributed by atoms with Gasteiger partial charge in [-0.15, -0.1) is 0 Å². The summed E-state index contributed by atoms with van der Waals surface area (Å²) in [7, 11) is 3.37. The molecule has 4 heteroatoms. The summed E-state index contributed by atoms with van der Waals surface area (Å²) in [5.41, 5.74) is 0. The zero-order valence-corrected chi connectivity index (χ0v) is 6.00. The van der Waals surface area contributed by atoms with Crippen LogP contribution in [-0.4, -0.2) is 37.2 Å². The van der Waals surface area contributed by atoms with E-state index in [0.717, 1.165) is 0 Å². The van der Waals surface area contributed by atoms with E-state index >= 15 is 0 Å². The summed E-state index contributed by atoms with van der Waals surface area (Å²) in [6.45, 7) is 0. The second kappa shape index (κ2) is 2.68. The minimum atomic E-state index is -0.435. The highest BCUT2D eigenvalue weighted by Crippen LogP contribution is 2.06. The van der Waals surface area contributed by atoms with Crippen molar-refractivity contribution < 1.29 is 9.63 Å². The van der Waals surface area contributed by atoms with Crippen molar-refractivity contribution in [2.75, 3.05) is 14.1 Å². The highest BCUT2D eigenvalue weighted by molar-refractivity contribution is 5.84. The van der Waals surface area contributed by atoms with Gasteiger partial charge in [-0.2, -0.15) is 0 Å². The van der Waals surface area contributed by atoms with Gasteiger partial charge in [0.05, 0.1) is 0 Å². The van der Waals surface area contributed by atoms with E-state index in [1.807, 2.05) is 0 Å². The minimum Gasteiger partial charge on any atom is -0.382 e. The molecule has 4 nitrogen and oxygen atoms in total. The number of nitrogens with zero attached hydrogens (tertiary/aromatic N) is 2. The maximum atomic E-state index is 11.0. The summed E-state index contributed by atoms with van der Waals surface area (Å²) in [6.07, 6.45) is 2.60. The molecular weight excluding hydrogens is 132 g/mol. The van der Waals surface area contributed by atoms with Crippen molar-refractivity contribution in [3.8, 4) is 0 Å². The van der Waals surface area contributed by atoms with Crippen LogP contribution in [0.15, 0.2) is 5.16 Å². The maximum Gasteiger partial charge on any atom is 0.266 e. The first-order valence-electron chi connectivity index (χ1n) is 3.01. The Bertz CT molecular complexity index is 157. The van der Waals surface area contributed by atoms with E-state index in [1.54, 1.807) is 14.1 Å². The highest BCUT2D eigenvalue weighted by Gasteiger charge is 2.24. The van der Waals surface area contributed by atoms with Crippen LogP contribution in [-0.2, 0) is 9.63 Å². The van der Waals surface area contributed by atoms with Crippen LogP contribution in [0.2, 0.25) is 0 Å². The number of likely N-dealkylation sites (N-methyl/N-ethyl adjacent to an activating group) is 1. The first-order chi connectivity index (χ1) is 4.72. The molecule has 0 spiro atoms. The van der Waals surface area contributed by atoms with Crippen molar-refractivity contribution in [2.45, 2.75) is 12.5 Å². The third-order valence-corrected chi connectivity index (χ3v) is 1.24. The van der Waals surface area contributed by atoms with Crippen molar-refractivity contribution in [2.24, 2.45) is 5.16 Å². The van der Waals surface area contributed by atoms with Crippen molar-refractivity contribution in [3.05, 3.63) is 0 Å². The van der Waals surface area contributed by atoms with E-state index in [9.17, 15) is 4.79 Å². The molecule has 0 aromatic carbocycles. The monoisotopic (exact) mass is 141 g/mol. The van der Waals surface area contributed by atoms with Gasteiger partial charge in [-0.05, 0) is 0 Å². The average molecular weight is 141 g/mol. The van der Waals surface area contributed by atoms with Gasteiger partial charge in [-0.1, -0.05) is 5.16 Å². The number of carbonyl (C=O) groups excluding carboxylic acids is 1. The van der Waals surface area contributed by atoms with Crippen molar-refractivity contribution >= 4 is 12.1 Å². The molecule has 1 amide bonds. The zero-order chi connectivity index (χ0) is 7.56. The molecule has 0 saturated heterocycles. The molecule has 0 bridgehead atoms. The molecule has 0 saturated carbocycles. The van der Waals surface area contributed by atoms with E-state index in [-0.39, 0.29) is 5.91 Å². The zero-order valence-electron chi connectivity index (χ0n) is 6.00. The molecule has 1 aliphatic heterocycles. The third kappa shape index (κ3) is 1.26. The van der Waals surface area contributed by atoms with E-state index in [0.29, 0.717) is 6.42 Å². The summed E-state index contributed by atoms with van der Waals surface area (Å²) in [6, 6.07) is 0. The molecule has 0 aliphatic carbocycles. The van der Waals surface area contributed by atoms with Gasteiger partial charge in [-0.3, -0.25) is 4.79 Å². The molecule has 1 aliphatic rings. The Morgan fingerprint density at radius 3 is 2.90 bits per heavy atom. The fourth-order valence-electron chi connectivity index (χ4n) is 0.679. The lowest BCUT2D eigenvalue weighted by molar-refractivity contribution is -0.139. The normalized spacial score (nSPS) is 22.4. The third-order valence-electron chi connectivity index (χ3n) is 1.24. The average Bonchev–Trinajstić information content (AvgIpc) is 2.36. The Morgan fingerprint density at radius 2 is 2.50 bits per heavy atom. The lowest BCUT2D eigenvalue weighted by Crippen LogP contribution is -2.33. The predicted molar refractivity (Wildman–Crippen MR) is 35.6 cm³/mol. The molecule has 0 aromatic heterocycles. The van der Waals surface area contributed by atoms with Crippen molar-refractivity contribution in [1.82, 2.24) is 4.90 Å². The topological polar surface area (TPSA) is 41.9 Å². The van der Waals surface area contributed by atoms with Gasteiger partial charge < -0.3 is 9.74 Å². The fourth-order valence-corrected chi connectivity index (χ4v) is 0.679. The van der Waals surface area contributed by atoms with Gasteiger partial charge in [0.2, 0.25) is 6.10 Å². The van der Waals surface area contributed by atoms with E-state index in [2.05, 4.69) is 11.4 Å². The molecule has 0 aromatic rings. The summed E-state index contributed by atoms with van der Waals surface area (Å²) >= 11 is 0. The molecule has 1 heterocycles. The SMILES string of the molecule is CN(C)C(=O)C1C[C]=NO1.